The van der Waals surface area contributed by atoms with Crippen LogP contribution in [0.5, 0.6) is 0 Å². The second-order valence-corrected chi connectivity index (χ2v) is 7.27. The van der Waals surface area contributed by atoms with Crippen LogP contribution in [0.3, 0.4) is 0 Å². The smallest absolute Gasteiger partial charge is 0.281 e. The molecule has 0 radical (unpaired) electrons. The van der Waals surface area contributed by atoms with E-state index in [0.29, 0.717) is 11.5 Å². The third-order valence-corrected chi connectivity index (χ3v) is 5.04. The van der Waals surface area contributed by atoms with Gasteiger partial charge in [-0.1, -0.05) is 66.7 Å². The summed E-state index contributed by atoms with van der Waals surface area (Å²) in [6.07, 6.45) is 0.0297. The summed E-state index contributed by atoms with van der Waals surface area (Å²) in [4.78, 5) is 29.5. The van der Waals surface area contributed by atoms with Crippen LogP contribution in [-0.4, -0.2) is 36.8 Å². The van der Waals surface area contributed by atoms with Crippen LogP contribution in [0.4, 0.5) is 0 Å². The molecule has 2 amide bonds. The number of aromatic amines is 1. The summed E-state index contributed by atoms with van der Waals surface area (Å²) in [5.41, 5.74) is 7.81. The molecule has 3 aromatic carbocycles. The molecule has 2 heterocycles. The monoisotopic (exact) mass is 437 g/mol. The molecule has 0 saturated carbocycles. The zero-order valence-corrected chi connectivity index (χ0v) is 17.4. The van der Waals surface area contributed by atoms with E-state index in [0.717, 1.165) is 22.2 Å². The number of aromatic nitrogens is 5. The summed E-state index contributed by atoms with van der Waals surface area (Å²) in [5, 5.41) is 12.3. The number of para-hydroxylation sites is 2. The minimum absolute atomic E-state index is 0.0297. The number of hydrazine groups is 1. The highest BCUT2D eigenvalue weighted by Gasteiger charge is 2.19. The number of carbonyl (C=O) groups excluding carboxylic acids is 2. The van der Waals surface area contributed by atoms with Gasteiger partial charge in [0.05, 0.1) is 23.3 Å². The quantitative estimate of drug-likeness (QED) is 0.366. The molecule has 0 aliphatic carbocycles. The Kier molecular flexibility index (Phi) is 5.34. The standard InChI is InChI=1S/C24H19N7O2/c32-21(15-20-18-13-7-8-14-19(18)26-27-20)28-29-24(33)22-25-23(16-9-3-1-4-10-16)31(30-22)17-11-5-2-6-12-17/h1-14H,15H2,(H,26,27)(H,28,32)(H,29,33). The summed E-state index contributed by atoms with van der Waals surface area (Å²) in [6, 6.07) is 26.3. The Labute approximate surface area is 188 Å². The van der Waals surface area contributed by atoms with Crippen molar-refractivity contribution in [3.8, 4) is 17.1 Å². The lowest BCUT2D eigenvalue weighted by atomic mass is 10.1. The highest BCUT2D eigenvalue weighted by Crippen LogP contribution is 2.21. The summed E-state index contributed by atoms with van der Waals surface area (Å²) in [7, 11) is 0. The van der Waals surface area contributed by atoms with Crippen molar-refractivity contribution in [3.05, 3.63) is 96.4 Å². The molecule has 0 aliphatic rings. The predicted octanol–water partition coefficient (Wildman–Crippen LogP) is 2.81. The molecule has 0 unspecified atom stereocenters. The fraction of sp³-hybridized carbons (Fsp3) is 0.0417. The first kappa shape index (κ1) is 20.1. The fourth-order valence-electron chi connectivity index (χ4n) is 3.47. The lowest BCUT2D eigenvalue weighted by molar-refractivity contribution is -0.121. The largest absolute Gasteiger partial charge is 0.309 e. The number of nitrogens with zero attached hydrogens (tertiary/aromatic N) is 4. The molecule has 0 aliphatic heterocycles. The van der Waals surface area contributed by atoms with E-state index in [1.807, 2.05) is 84.9 Å². The molecule has 0 spiro atoms. The Hall–Kier alpha value is -4.79. The average molecular weight is 437 g/mol. The molecule has 9 heteroatoms. The van der Waals surface area contributed by atoms with Crippen LogP contribution < -0.4 is 10.9 Å². The maximum atomic E-state index is 12.7. The SMILES string of the molecule is O=C(Cc1[nH]nc2ccccc12)NNC(=O)c1nc(-c2ccccc2)n(-c2ccccc2)n1. The molecule has 5 rings (SSSR count). The number of hydrogen-bond donors (Lipinski definition) is 3. The summed E-state index contributed by atoms with van der Waals surface area (Å²) >= 11 is 0. The molecule has 9 nitrogen and oxygen atoms in total. The van der Waals surface area contributed by atoms with Crippen LogP contribution in [0.2, 0.25) is 0 Å². The molecule has 0 fully saturated rings. The minimum atomic E-state index is -0.621. The maximum Gasteiger partial charge on any atom is 0.309 e. The predicted molar refractivity (Wildman–Crippen MR) is 122 cm³/mol. The lowest BCUT2D eigenvalue weighted by Gasteiger charge is -2.05. The van der Waals surface area contributed by atoms with Crippen molar-refractivity contribution in [2.24, 2.45) is 0 Å². The van der Waals surface area contributed by atoms with Crippen LogP contribution in [0.15, 0.2) is 84.9 Å². The van der Waals surface area contributed by atoms with E-state index in [1.54, 1.807) is 4.68 Å². The number of H-pyrrole nitrogens is 1. The Bertz CT molecular complexity index is 1370. The van der Waals surface area contributed by atoms with Gasteiger partial charge in [0.2, 0.25) is 11.7 Å². The van der Waals surface area contributed by atoms with Gasteiger partial charge < -0.3 is 0 Å². The van der Waals surface area contributed by atoms with E-state index in [4.69, 9.17) is 0 Å². The lowest BCUT2D eigenvalue weighted by Crippen LogP contribution is -2.42. The van der Waals surface area contributed by atoms with Crippen LogP contribution in [0.25, 0.3) is 28.0 Å². The van der Waals surface area contributed by atoms with Crippen molar-refractivity contribution in [2.75, 3.05) is 0 Å². The highest BCUT2D eigenvalue weighted by atomic mass is 16.2. The zero-order valence-electron chi connectivity index (χ0n) is 17.4. The van der Waals surface area contributed by atoms with Crippen LogP contribution in [0, 0.1) is 0 Å². The van der Waals surface area contributed by atoms with Crippen LogP contribution in [0.1, 0.15) is 16.3 Å². The summed E-state index contributed by atoms with van der Waals surface area (Å²) < 4.78 is 1.60. The number of hydrogen-bond acceptors (Lipinski definition) is 5. The van der Waals surface area contributed by atoms with Gasteiger partial charge in [0.25, 0.3) is 0 Å². The van der Waals surface area contributed by atoms with Crippen molar-refractivity contribution in [2.45, 2.75) is 6.42 Å². The molecular formula is C24H19N7O2. The van der Waals surface area contributed by atoms with Crippen LogP contribution >= 0.6 is 0 Å². The Balaban J connectivity index is 1.33. The van der Waals surface area contributed by atoms with Gasteiger partial charge in [-0.05, 0) is 18.2 Å². The van der Waals surface area contributed by atoms with Gasteiger partial charge in [0.15, 0.2) is 5.82 Å². The van der Waals surface area contributed by atoms with Crippen molar-refractivity contribution in [1.82, 2.24) is 35.8 Å². The van der Waals surface area contributed by atoms with Crippen molar-refractivity contribution < 1.29 is 9.59 Å². The van der Waals surface area contributed by atoms with E-state index in [2.05, 4.69) is 31.1 Å². The third-order valence-electron chi connectivity index (χ3n) is 5.04. The molecule has 162 valence electrons. The molecule has 0 saturated heterocycles. The van der Waals surface area contributed by atoms with Gasteiger partial charge in [0, 0.05) is 10.9 Å². The maximum absolute atomic E-state index is 12.7. The third kappa shape index (κ3) is 4.19. The van der Waals surface area contributed by atoms with Crippen molar-refractivity contribution in [3.63, 3.8) is 0 Å². The Morgan fingerprint density at radius 3 is 2.33 bits per heavy atom. The van der Waals surface area contributed by atoms with Gasteiger partial charge in [-0.15, -0.1) is 5.10 Å². The second-order valence-electron chi connectivity index (χ2n) is 7.27. The highest BCUT2D eigenvalue weighted by molar-refractivity contribution is 5.93. The molecule has 5 aromatic rings. The minimum Gasteiger partial charge on any atom is -0.281 e. The molecule has 2 aromatic heterocycles. The van der Waals surface area contributed by atoms with E-state index in [1.165, 1.54) is 0 Å². The van der Waals surface area contributed by atoms with E-state index in [9.17, 15) is 9.59 Å². The van der Waals surface area contributed by atoms with Gasteiger partial charge in [-0.25, -0.2) is 9.67 Å². The zero-order chi connectivity index (χ0) is 22.6. The number of carbonyl (C=O) groups is 2. The van der Waals surface area contributed by atoms with Crippen LogP contribution in [-0.2, 0) is 11.2 Å². The summed E-state index contributed by atoms with van der Waals surface area (Å²) in [6.45, 7) is 0. The number of amides is 2. The first-order valence-corrected chi connectivity index (χ1v) is 10.3. The number of rotatable bonds is 5. The van der Waals surface area contributed by atoms with Gasteiger partial charge in [-0.2, -0.15) is 5.10 Å². The molecule has 33 heavy (non-hydrogen) atoms. The van der Waals surface area contributed by atoms with Crippen molar-refractivity contribution in [1.29, 1.82) is 0 Å². The van der Waals surface area contributed by atoms with E-state index >= 15 is 0 Å². The Morgan fingerprint density at radius 1 is 0.848 bits per heavy atom. The average Bonchev–Trinajstić information content (AvgIpc) is 3.49. The van der Waals surface area contributed by atoms with Gasteiger partial charge >= 0.3 is 5.91 Å². The van der Waals surface area contributed by atoms with Gasteiger partial charge in [0.1, 0.15) is 0 Å². The first-order valence-electron chi connectivity index (χ1n) is 10.3. The van der Waals surface area contributed by atoms with Gasteiger partial charge in [-0.3, -0.25) is 25.5 Å². The normalized spacial score (nSPS) is 10.8. The van der Waals surface area contributed by atoms with Crippen molar-refractivity contribution >= 4 is 22.7 Å². The molecule has 0 bridgehead atoms. The topological polar surface area (TPSA) is 118 Å². The number of benzene rings is 3. The first-order chi connectivity index (χ1) is 16.2. The fourth-order valence-corrected chi connectivity index (χ4v) is 3.47. The summed E-state index contributed by atoms with van der Waals surface area (Å²) in [5.74, 6) is -0.569. The molecule has 0 atom stereocenters. The second kappa shape index (κ2) is 8.75. The molecular weight excluding hydrogens is 418 g/mol. The number of fused-ring (bicyclic) bond motifs is 1. The van der Waals surface area contributed by atoms with E-state index < -0.39 is 11.8 Å². The Morgan fingerprint density at radius 2 is 1.55 bits per heavy atom. The number of nitrogens with one attached hydrogen (secondary N) is 3. The molecule has 3 N–H and O–H groups in total. The van der Waals surface area contributed by atoms with E-state index in [-0.39, 0.29) is 12.2 Å².